The van der Waals surface area contributed by atoms with Crippen LogP contribution in [0.4, 0.5) is 21.7 Å². The van der Waals surface area contributed by atoms with E-state index in [1.807, 2.05) is 24.3 Å². The maximum absolute atomic E-state index is 13.3. The molecule has 0 saturated carbocycles. The molecule has 2 heterocycles. The standard InChI is InChI=1S/C23H24FN5O/c24-19-8-5-7-18(13-19)23(30)28-20-9-4-6-17(12-20)15-25-21-14-22(27-16-26-21)29-10-2-1-3-11-29/h4-9,12-14,16H,1-3,10-11,15H2,(H,28,30)(H,25,26,27). The number of benzene rings is 2. The van der Waals surface area contributed by atoms with Gasteiger partial charge in [0, 0.05) is 37.0 Å². The van der Waals surface area contributed by atoms with Crippen LogP contribution in [0.1, 0.15) is 35.2 Å². The normalized spacial score (nSPS) is 13.7. The summed E-state index contributed by atoms with van der Waals surface area (Å²) in [7, 11) is 0. The van der Waals surface area contributed by atoms with E-state index in [-0.39, 0.29) is 11.5 Å². The van der Waals surface area contributed by atoms with Crippen LogP contribution in [0.25, 0.3) is 0 Å². The van der Waals surface area contributed by atoms with Gasteiger partial charge in [-0.3, -0.25) is 4.79 Å². The van der Waals surface area contributed by atoms with E-state index in [0.29, 0.717) is 12.2 Å². The first-order valence-corrected chi connectivity index (χ1v) is 10.1. The molecule has 30 heavy (non-hydrogen) atoms. The Morgan fingerprint density at radius 3 is 2.67 bits per heavy atom. The predicted octanol–water partition coefficient (Wildman–Crippen LogP) is 4.47. The molecular weight excluding hydrogens is 381 g/mol. The van der Waals surface area contributed by atoms with Crippen molar-refractivity contribution in [3.8, 4) is 0 Å². The Labute approximate surface area is 175 Å². The highest BCUT2D eigenvalue weighted by molar-refractivity contribution is 6.04. The molecule has 1 aliphatic rings. The first kappa shape index (κ1) is 19.8. The molecule has 2 aromatic carbocycles. The number of hydrogen-bond acceptors (Lipinski definition) is 5. The van der Waals surface area contributed by atoms with E-state index in [9.17, 15) is 9.18 Å². The largest absolute Gasteiger partial charge is 0.366 e. The Kier molecular flexibility index (Phi) is 6.17. The Balaban J connectivity index is 1.38. The lowest BCUT2D eigenvalue weighted by atomic mass is 10.1. The van der Waals surface area contributed by atoms with Crippen molar-refractivity contribution in [2.24, 2.45) is 0 Å². The van der Waals surface area contributed by atoms with Gasteiger partial charge in [0.25, 0.3) is 5.91 Å². The second-order valence-electron chi connectivity index (χ2n) is 7.33. The molecule has 6 nitrogen and oxygen atoms in total. The predicted molar refractivity (Wildman–Crippen MR) is 116 cm³/mol. The minimum absolute atomic E-state index is 0.282. The molecule has 1 aromatic heterocycles. The summed E-state index contributed by atoms with van der Waals surface area (Å²) in [6, 6.07) is 15.1. The molecule has 1 aliphatic heterocycles. The van der Waals surface area contributed by atoms with E-state index in [4.69, 9.17) is 0 Å². The lowest BCUT2D eigenvalue weighted by Crippen LogP contribution is -2.30. The second-order valence-corrected chi connectivity index (χ2v) is 7.33. The van der Waals surface area contributed by atoms with E-state index in [0.717, 1.165) is 30.3 Å². The van der Waals surface area contributed by atoms with Gasteiger partial charge < -0.3 is 15.5 Å². The highest BCUT2D eigenvalue weighted by atomic mass is 19.1. The van der Waals surface area contributed by atoms with Gasteiger partial charge in [0.2, 0.25) is 0 Å². The van der Waals surface area contributed by atoms with Crippen molar-refractivity contribution in [2.75, 3.05) is 28.6 Å². The fourth-order valence-corrected chi connectivity index (χ4v) is 3.52. The van der Waals surface area contributed by atoms with Crippen LogP contribution in [0.2, 0.25) is 0 Å². The van der Waals surface area contributed by atoms with Crippen LogP contribution < -0.4 is 15.5 Å². The molecular formula is C23H24FN5O. The van der Waals surface area contributed by atoms with Crippen LogP contribution in [0, 0.1) is 5.82 Å². The SMILES string of the molecule is O=C(Nc1cccc(CNc2cc(N3CCCCC3)ncn2)c1)c1cccc(F)c1. The summed E-state index contributed by atoms with van der Waals surface area (Å²) in [6.07, 6.45) is 5.25. The van der Waals surface area contributed by atoms with Crippen LogP contribution in [0.3, 0.4) is 0 Å². The van der Waals surface area contributed by atoms with Gasteiger partial charge in [-0.1, -0.05) is 18.2 Å². The number of carbonyl (C=O) groups is 1. The van der Waals surface area contributed by atoms with Crippen LogP contribution in [-0.4, -0.2) is 29.0 Å². The topological polar surface area (TPSA) is 70.2 Å². The summed E-state index contributed by atoms with van der Waals surface area (Å²) in [5.41, 5.74) is 1.93. The molecule has 154 valence electrons. The highest BCUT2D eigenvalue weighted by Crippen LogP contribution is 2.20. The Morgan fingerprint density at radius 2 is 1.83 bits per heavy atom. The number of anilines is 3. The average Bonchev–Trinajstić information content (AvgIpc) is 2.79. The third-order valence-corrected chi connectivity index (χ3v) is 5.08. The average molecular weight is 405 g/mol. The fourth-order valence-electron chi connectivity index (χ4n) is 3.52. The highest BCUT2D eigenvalue weighted by Gasteiger charge is 2.13. The van der Waals surface area contributed by atoms with Crippen LogP contribution >= 0.6 is 0 Å². The second kappa shape index (κ2) is 9.35. The summed E-state index contributed by atoms with van der Waals surface area (Å²) in [6.45, 7) is 2.62. The molecule has 4 rings (SSSR count). The van der Waals surface area contributed by atoms with Crippen molar-refractivity contribution >= 4 is 23.2 Å². The molecule has 0 spiro atoms. The van der Waals surface area contributed by atoms with Gasteiger partial charge in [0.05, 0.1) is 0 Å². The number of carbonyl (C=O) groups excluding carboxylic acids is 1. The fraction of sp³-hybridized carbons (Fsp3) is 0.261. The number of piperidine rings is 1. The Bertz CT molecular complexity index is 1020. The van der Waals surface area contributed by atoms with Gasteiger partial charge >= 0.3 is 0 Å². The van der Waals surface area contributed by atoms with E-state index in [1.54, 1.807) is 18.5 Å². The summed E-state index contributed by atoms with van der Waals surface area (Å²) < 4.78 is 13.3. The smallest absolute Gasteiger partial charge is 0.255 e. The van der Waals surface area contributed by atoms with Gasteiger partial charge in [-0.2, -0.15) is 0 Å². The van der Waals surface area contributed by atoms with Gasteiger partial charge in [0.1, 0.15) is 23.8 Å². The lowest BCUT2D eigenvalue weighted by molar-refractivity contribution is 0.102. The quantitative estimate of drug-likeness (QED) is 0.633. The minimum atomic E-state index is -0.436. The van der Waals surface area contributed by atoms with Crippen LogP contribution in [0.5, 0.6) is 0 Å². The van der Waals surface area contributed by atoms with Crippen molar-refractivity contribution in [1.29, 1.82) is 0 Å². The number of aromatic nitrogens is 2. The van der Waals surface area contributed by atoms with E-state index in [1.165, 1.54) is 37.5 Å². The Hall–Kier alpha value is -3.48. The van der Waals surface area contributed by atoms with Crippen molar-refractivity contribution in [1.82, 2.24) is 9.97 Å². The maximum atomic E-state index is 13.3. The van der Waals surface area contributed by atoms with Crippen molar-refractivity contribution < 1.29 is 9.18 Å². The first-order chi connectivity index (χ1) is 14.7. The van der Waals surface area contributed by atoms with Crippen molar-refractivity contribution in [3.05, 3.63) is 77.9 Å². The molecule has 1 fully saturated rings. The van der Waals surface area contributed by atoms with Gasteiger partial charge in [0.15, 0.2) is 0 Å². The van der Waals surface area contributed by atoms with Crippen molar-refractivity contribution in [2.45, 2.75) is 25.8 Å². The van der Waals surface area contributed by atoms with Crippen molar-refractivity contribution in [3.63, 3.8) is 0 Å². The van der Waals surface area contributed by atoms with E-state index >= 15 is 0 Å². The summed E-state index contributed by atoms with van der Waals surface area (Å²) in [4.78, 5) is 23.3. The van der Waals surface area contributed by atoms with E-state index < -0.39 is 5.82 Å². The molecule has 0 unspecified atom stereocenters. The zero-order chi connectivity index (χ0) is 20.8. The summed E-state index contributed by atoms with van der Waals surface area (Å²) in [5, 5.41) is 6.13. The molecule has 1 amide bonds. The molecule has 0 aliphatic carbocycles. The monoisotopic (exact) mass is 405 g/mol. The third kappa shape index (κ3) is 5.11. The lowest BCUT2D eigenvalue weighted by Gasteiger charge is -2.27. The number of nitrogens with zero attached hydrogens (tertiary/aromatic N) is 3. The van der Waals surface area contributed by atoms with Gasteiger partial charge in [-0.25, -0.2) is 14.4 Å². The number of amides is 1. The minimum Gasteiger partial charge on any atom is -0.366 e. The molecule has 0 bridgehead atoms. The molecule has 1 saturated heterocycles. The number of hydrogen-bond donors (Lipinski definition) is 2. The molecule has 0 atom stereocenters. The number of nitrogens with one attached hydrogen (secondary N) is 2. The number of rotatable bonds is 6. The molecule has 7 heteroatoms. The van der Waals surface area contributed by atoms with E-state index in [2.05, 4.69) is 25.5 Å². The summed E-state index contributed by atoms with van der Waals surface area (Å²) >= 11 is 0. The molecule has 0 radical (unpaired) electrons. The maximum Gasteiger partial charge on any atom is 0.255 e. The zero-order valence-electron chi connectivity index (χ0n) is 16.6. The van der Waals surface area contributed by atoms with Crippen LogP contribution in [0.15, 0.2) is 60.9 Å². The van der Waals surface area contributed by atoms with Gasteiger partial charge in [-0.15, -0.1) is 0 Å². The third-order valence-electron chi connectivity index (χ3n) is 5.08. The van der Waals surface area contributed by atoms with Crippen LogP contribution in [-0.2, 0) is 6.54 Å². The van der Waals surface area contributed by atoms with Gasteiger partial charge in [-0.05, 0) is 55.2 Å². The molecule has 2 N–H and O–H groups in total. The summed E-state index contributed by atoms with van der Waals surface area (Å²) in [5.74, 6) is 0.930. The number of halogens is 1. The molecule has 3 aromatic rings. The zero-order valence-corrected chi connectivity index (χ0v) is 16.6. The Morgan fingerprint density at radius 1 is 1.00 bits per heavy atom. The first-order valence-electron chi connectivity index (χ1n) is 10.1.